The number of rotatable bonds is 4. The van der Waals surface area contributed by atoms with Gasteiger partial charge in [-0.3, -0.25) is 4.72 Å². The minimum atomic E-state index is -3.30. The second-order valence-corrected chi connectivity index (χ2v) is 7.20. The molecule has 2 aromatic rings. The molecule has 122 valence electrons. The molecule has 1 aromatic carbocycles. The molecule has 1 saturated heterocycles. The van der Waals surface area contributed by atoms with Crippen molar-refractivity contribution in [2.75, 3.05) is 47.0 Å². The van der Waals surface area contributed by atoms with Gasteiger partial charge in [-0.2, -0.15) is 0 Å². The highest BCUT2D eigenvalue weighted by Gasteiger charge is 2.19. The summed E-state index contributed by atoms with van der Waals surface area (Å²) in [6, 6.07) is 10.3. The number of nitrogens with one attached hydrogen (secondary N) is 1. The zero-order valence-electron chi connectivity index (χ0n) is 12.9. The van der Waals surface area contributed by atoms with Gasteiger partial charge in [-0.25, -0.2) is 18.4 Å². The molecule has 0 atom stereocenters. The predicted molar refractivity (Wildman–Crippen MR) is 91.4 cm³/mol. The van der Waals surface area contributed by atoms with E-state index in [1.54, 1.807) is 0 Å². The van der Waals surface area contributed by atoms with Crippen LogP contribution in [0.4, 0.5) is 17.3 Å². The van der Waals surface area contributed by atoms with Gasteiger partial charge >= 0.3 is 0 Å². The monoisotopic (exact) mass is 333 g/mol. The summed E-state index contributed by atoms with van der Waals surface area (Å²) in [5.74, 6) is 0.622. The highest BCUT2D eigenvalue weighted by atomic mass is 32.2. The van der Waals surface area contributed by atoms with Crippen molar-refractivity contribution in [3.8, 4) is 0 Å². The summed E-state index contributed by atoms with van der Waals surface area (Å²) in [4.78, 5) is 12.9. The van der Waals surface area contributed by atoms with E-state index in [4.69, 9.17) is 0 Å². The van der Waals surface area contributed by atoms with E-state index in [2.05, 4.69) is 36.6 Å². The molecule has 1 aliphatic rings. The van der Waals surface area contributed by atoms with E-state index in [1.165, 1.54) is 18.1 Å². The van der Waals surface area contributed by atoms with Crippen LogP contribution in [-0.4, -0.2) is 50.8 Å². The van der Waals surface area contributed by atoms with Gasteiger partial charge in [0.15, 0.2) is 0 Å². The average molecular weight is 333 g/mol. The number of benzene rings is 1. The van der Waals surface area contributed by atoms with Gasteiger partial charge in [-0.1, -0.05) is 18.2 Å². The predicted octanol–water partition coefficient (Wildman–Crippen LogP) is 1.17. The summed E-state index contributed by atoms with van der Waals surface area (Å²) >= 11 is 0. The Bertz CT molecular complexity index is 741. The molecule has 3 rings (SSSR count). The van der Waals surface area contributed by atoms with Crippen LogP contribution in [0.25, 0.3) is 0 Å². The lowest BCUT2D eigenvalue weighted by molar-refractivity contribution is 0.606. The topological polar surface area (TPSA) is 78.4 Å². The fourth-order valence-electron chi connectivity index (χ4n) is 2.55. The molecule has 0 radical (unpaired) electrons. The van der Waals surface area contributed by atoms with E-state index in [0.717, 1.165) is 32.4 Å². The Balaban J connectivity index is 1.61. The van der Waals surface area contributed by atoms with Gasteiger partial charge in [0.1, 0.15) is 0 Å². The van der Waals surface area contributed by atoms with Gasteiger partial charge in [0.2, 0.25) is 16.0 Å². The lowest BCUT2D eigenvalue weighted by atomic mass is 10.2. The highest BCUT2D eigenvalue weighted by Crippen LogP contribution is 2.18. The largest absolute Gasteiger partial charge is 0.368 e. The number of anilines is 3. The van der Waals surface area contributed by atoms with Gasteiger partial charge in [0.25, 0.3) is 0 Å². The Kier molecular flexibility index (Phi) is 4.33. The Labute approximate surface area is 136 Å². The Hall–Kier alpha value is -2.35. The summed E-state index contributed by atoms with van der Waals surface area (Å²) in [5.41, 5.74) is 1.60. The van der Waals surface area contributed by atoms with Crippen LogP contribution in [0, 0.1) is 0 Å². The van der Waals surface area contributed by atoms with Crippen LogP contribution in [0.1, 0.15) is 0 Å². The molecule has 0 unspecified atom stereocenters. The quantitative estimate of drug-likeness (QED) is 0.905. The second-order valence-electron chi connectivity index (χ2n) is 5.46. The lowest BCUT2D eigenvalue weighted by Gasteiger charge is -2.36. The first kappa shape index (κ1) is 15.5. The van der Waals surface area contributed by atoms with E-state index < -0.39 is 10.0 Å². The lowest BCUT2D eigenvalue weighted by Crippen LogP contribution is -2.47. The van der Waals surface area contributed by atoms with Crippen molar-refractivity contribution in [1.29, 1.82) is 0 Å². The fraction of sp³-hybridized carbons (Fsp3) is 0.333. The van der Waals surface area contributed by atoms with Crippen molar-refractivity contribution in [3.05, 3.63) is 42.7 Å². The third kappa shape index (κ3) is 4.10. The molecule has 0 amide bonds. The minimum Gasteiger partial charge on any atom is -0.368 e. The van der Waals surface area contributed by atoms with Gasteiger partial charge in [-0.05, 0) is 12.1 Å². The first-order chi connectivity index (χ1) is 11.0. The third-order valence-corrected chi connectivity index (χ3v) is 4.23. The van der Waals surface area contributed by atoms with Crippen molar-refractivity contribution in [2.24, 2.45) is 0 Å². The third-order valence-electron chi connectivity index (χ3n) is 3.63. The van der Waals surface area contributed by atoms with E-state index in [0.29, 0.717) is 11.6 Å². The molecular weight excluding hydrogens is 314 g/mol. The zero-order chi connectivity index (χ0) is 16.3. The molecule has 7 nitrogen and oxygen atoms in total. The average Bonchev–Trinajstić information content (AvgIpc) is 2.55. The van der Waals surface area contributed by atoms with E-state index in [1.807, 2.05) is 18.2 Å². The second kappa shape index (κ2) is 6.41. The molecular formula is C15H19N5O2S. The molecule has 8 heteroatoms. The Morgan fingerprint density at radius 1 is 0.957 bits per heavy atom. The molecule has 0 spiro atoms. The van der Waals surface area contributed by atoms with Crippen molar-refractivity contribution < 1.29 is 8.42 Å². The summed E-state index contributed by atoms with van der Waals surface area (Å²) in [6.07, 6.45) is 4.09. The van der Waals surface area contributed by atoms with Crippen molar-refractivity contribution >= 4 is 27.3 Å². The number of aromatic nitrogens is 2. The molecule has 0 bridgehead atoms. The maximum Gasteiger partial charge on any atom is 0.229 e. The van der Waals surface area contributed by atoms with Crippen LogP contribution in [0.2, 0.25) is 0 Å². The van der Waals surface area contributed by atoms with Crippen molar-refractivity contribution in [3.63, 3.8) is 0 Å². The van der Waals surface area contributed by atoms with Crippen LogP contribution in [0.15, 0.2) is 42.7 Å². The van der Waals surface area contributed by atoms with Crippen molar-refractivity contribution in [1.82, 2.24) is 9.97 Å². The van der Waals surface area contributed by atoms with Crippen LogP contribution in [-0.2, 0) is 10.0 Å². The number of piperazine rings is 1. The van der Waals surface area contributed by atoms with Crippen LogP contribution < -0.4 is 14.5 Å². The van der Waals surface area contributed by atoms with Gasteiger partial charge < -0.3 is 9.80 Å². The smallest absolute Gasteiger partial charge is 0.229 e. The maximum atomic E-state index is 11.2. The zero-order valence-corrected chi connectivity index (χ0v) is 13.7. The van der Waals surface area contributed by atoms with Gasteiger partial charge in [0.05, 0.1) is 24.3 Å². The standard InChI is InChI=1S/C15H19N5O2S/c1-23(21,22)18-13-11-16-15(17-12-13)20-9-7-19(8-10-20)14-5-3-2-4-6-14/h2-6,11-12,18H,7-10H2,1H3. The SMILES string of the molecule is CS(=O)(=O)Nc1cnc(N2CCN(c3ccccc3)CC2)nc1. The minimum absolute atomic E-state index is 0.374. The van der Waals surface area contributed by atoms with E-state index in [9.17, 15) is 8.42 Å². The number of sulfonamides is 1. The summed E-state index contributed by atoms with van der Waals surface area (Å²) in [7, 11) is -3.30. The van der Waals surface area contributed by atoms with E-state index in [-0.39, 0.29) is 0 Å². The summed E-state index contributed by atoms with van der Waals surface area (Å²) in [5, 5.41) is 0. The molecule has 0 aliphatic carbocycles. The normalized spacial score (nSPS) is 15.5. The van der Waals surface area contributed by atoms with Crippen LogP contribution in [0.3, 0.4) is 0 Å². The number of hydrogen-bond donors (Lipinski definition) is 1. The van der Waals surface area contributed by atoms with Crippen LogP contribution >= 0.6 is 0 Å². The Morgan fingerprint density at radius 2 is 1.52 bits per heavy atom. The van der Waals surface area contributed by atoms with Crippen LogP contribution in [0.5, 0.6) is 0 Å². The maximum absolute atomic E-state index is 11.2. The van der Waals surface area contributed by atoms with E-state index >= 15 is 0 Å². The van der Waals surface area contributed by atoms with Gasteiger partial charge in [0, 0.05) is 31.9 Å². The number of hydrogen-bond acceptors (Lipinski definition) is 6. The number of nitrogens with zero attached hydrogens (tertiary/aromatic N) is 4. The Morgan fingerprint density at radius 3 is 2.09 bits per heavy atom. The van der Waals surface area contributed by atoms with Gasteiger partial charge in [-0.15, -0.1) is 0 Å². The highest BCUT2D eigenvalue weighted by molar-refractivity contribution is 7.92. The molecule has 1 N–H and O–H groups in total. The molecule has 1 aromatic heterocycles. The molecule has 2 heterocycles. The summed E-state index contributed by atoms with van der Waals surface area (Å²) < 4.78 is 24.7. The fourth-order valence-corrected chi connectivity index (χ4v) is 3.09. The molecule has 23 heavy (non-hydrogen) atoms. The number of para-hydroxylation sites is 1. The molecule has 1 fully saturated rings. The summed E-state index contributed by atoms with van der Waals surface area (Å²) in [6.45, 7) is 3.45. The molecule has 0 saturated carbocycles. The first-order valence-corrected chi connectivity index (χ1v) is 9.25. The first-order valence-electron chi connectivity index (χ1n) is 7.36. The van der Waals surface area contributed by atoms with Crippen molar-refractivity contribution in [2.45, 2.75) is 0 Å². The molecule has 1 aliphatic heterocycles.